The maximum Gasteiger partial charge on any atom is 0.232 e. The number of carbonyl (C=O) groups is 1. The number of benzene rings is 1. The monoisotopic (exact) mass is 489 g/mol. The van der Waals surface area contributed by atoms with Gasteiger partial charge in [0.05, 0.1) is 22.8 Å². The van der Waals surface area contributed by atoms with Crippen LogP contribution in [0.25, 0.3) is 16.9 Å². The maximum absolute atomic E-state index is 12.3. The summed E-state index contributed by atoms with van der Waals surface area (Å²) in [5.74, 6) is 0.161. The Labute approximate surface area is 199 Å². The van der Waals surface area contributed by atoms with Crippen molar-refractivity contribution in [2.24, 2.45) is 0 Å². The molecule has 8 nitrogen and oxygen atoms in total. The van der Waals surface area contributed by atoms with E-state index >= 15 is 0 Å². The molecule has 0 radical (unpaired) electrons. The zero-order chi connectivity index (χ0) is 23.6. The molecule has 1 amide bonds. The zero-order valence-corrected chi connectivity index (χ0v) is 20.4. The van der Waals surface area contributed by atoms with Crippen LogP contribution in [-0.4, -0.2) is 65.4 Å². The second-order valence-electron chi connectivity index (χ2n) is 8.26. The number of imidazole rings is 1. The fourth-order valence-corrected chi connectivity index (χ4v) is 5.32. The number of piperazine rings is 1. The lowest BCUT2D eigenvalue weighted by molar-refractivity contribution is -0.130. The molecule has 0 spiro atoms. The number of halogens is 1. The fourth-order valence-electron chi connectivity index (χ4n) is 4.08. The first-order valence-corrected chi connectivity index (χ1v) is 13.0. The Kier molecular flexibility index (Phi) is 6.92. The molecular formula is C23H28ClN5O3S. The lowest BCUT2D eigenvalue weighted by Gasteiger charge is -2.34. The molecule has 1 aliphatic heterocycles. The Hall–Kier alpha value is -2.62. The van der Waals surface area contributed by atoms with E-state index in [2.05, 4.69) is 9.62 Å². The van der Waals surface area contributed by atoms with Gasteiger partial charge >= 0.3 is 0 Å². The first kappa shape index (κ1) is 23.5. The number of fused-ring (bicyclic) bond motifs is 1. The molecule has 0 aliphatic carbocycles. The highest BCUT2D eigenvalue weighted by Gasteiger charge is 2.22. The summed E-state index contributed by atoms with van der Waals surface area (Å²) >= 11 is 6.09. The third-order valence-electron chi connectivity index (χ3n) is 5.77. The summed E-state index contributed by atoms with van der Waals surface area (Å²) in [5, 5.41) is 0.650. The number of anilines is 1. The Bertz CT molecular complexity index is 1250. The van der Waals surface area contributed by atoms with Crippen LogP contribution in [0.15, 0.2) is 42.6 Å². The molecule has 4 rings (SSSR count). The number of nitrogens with zero attached hydrogens (tertiary/aromatic N) is 4. The molecule has 10 heteroatoms. The van der Waals surface area contributed by atoms with Gasteiger partial charge in [0.1, 0.15) is 5.65 Å². The van der Waals surface area contributed by atoms with Gasteiger partial charge < -0.3 is 4.90 Å². The predicted molar refractivity (Wildman–Crippen MR) is 131 cm³/mol. The van der Waals surface area contributed by atoms with Crippen LogP contribution in [0.4, 0.5) is 5.69 Å². The van der Waals surface area contributed by atoms with Crippen LogP contribution in [0, 0.1) is 0 Å². The molecule has 2 aromatic heterocycles. The van der Waals surface area contributed by atoms with Gasteiger partial charge in [-0.3, -0.25) is 18.8 Å². The summed E-state index contributed by atoms with van der Waals surface area (Å²) in [6.45, 7) is 6.94. The van der Waals surface area contributed by atoms with E-state index in [1.807, 2.05) is 46.6 Å². The van der Waals surface area contributed by atoms with E-state index in [4.69, 9.17) is 16.6 Å². The van der Waals surface area contributed by atoms with Gasteiger partial charge in [-0.1, -0.05) is 30.7 Å². The van der Waals surface area contributed by atoms with Crippen LogP contribution < -0.4 is 4.72 Å². The molecule has 1 saturated heterocycles. The molecule has 1 aliphatic rings. The molecule has 3 aromatic rings. The summed E-state index contributed by atoms with van der Waals surface area (Å²) in [4.78, 5) is 20.7. The van der Waals surface area contributed by atoms with E-state index in [0.29, 0.717) is 36.8 Å². The Balaban J connectivity index is 1.71. The van der Waals surface area contributed by atoms with Gasteiger partial charge in [0.2, 0.25) is 15.9 Å². The predicted octanol–water partition coefficient (Wildman–Crippen LogP) is 3.47. The Morgan fingerprint density at radius 1 is 1.09 bits per heavy atom. The van der Waals surface area contributed by atoms with Crippen LogP contribution in [0.3, 0.4) is 0 Å². The second-order valence-corrected chi connectivity index (χ2v) is 10.5. The smallest absolute Gasteiger partial charge is 0.232 e. The number of rotatable bonds is 7. The summed E-state index contributed by atoms with van der Waals surface area (Å²) in [7, 11) is -3.40. The van der Waals surface area contributed by atoms with E-state index in [0.717, 1.165) is 35.7 Å². The lowest BCUT2D eigenvalue weighted by Crippen LogP contribution is -2.47. The zero-order valence-electron chi connectivity index (χ0n) is 18.8. The van der Waals surface area contributed by atoms with Crippen LogP contribution in [0.2, 0.25) is 5.02 Å². The molecule has 0 atom stereocenters. The van der Waals surface area contributed by atoms with Crippen molar-refractivity contribution in [3.63, 3.8) is 0 Å². The highest BCUT2D eigenvalue weighted by molar-refractivity contribution is 7.92. The van der Waals surface area contributed by atoms with Crippen molar-refractivity contribution in [1.29, 1.82) is 0 Å². The van der Waals surface area contributed by atoms with E-state index < -0.39 is 10.0 Å². The highest BCUT2D eigenvalue weighted by Crippen LogP contribution is 2.28. The van der Waals surface area contributed by atoms with Gasteiger partial charge in [0.15, 0.2) is 0 Å². The average molecular weight is 490 g/mol. The number of nitrogens with one attached hydrogen (secondary N) is 1. The third kappa shape index (κ3) is 5.48. The van der Waals surface area contributed by atoms with Gasteiger partial charge in [-0.25, -0.2) is 13.4 Å². The number of hydrogen-bond donors (Lipinski definition) is 1. The van der Waals surface area contributed by atoms with Gasteiger partial charge in [-0.2, -0.15) is 0 Å². The number of pyridine rings is 1. The first-order valence-electron chi connectivity index (χ1n) is 11.0. The molecule has 1 aromatic carbocycles. The molecular weight excluding hydrogens is 462 g/mol. The quantitative estimate of drug-likeness (QED) is 0.549. The molecule has 176 valence electrons. The minimum Gasteiger partial charge on any atom is -0.340 e. The molecule has 1 N–H and O–H groups in total. The first-order chi connectivity index (χ1) is 15.8. The van der Waals surface area contributed by atoms with Crippen molar-refractivity contribution in [3.05, 3.63) is 53.3 Å². The largest absolute Gasteiger partial charge is 0.340 e. The van der Waals surface area contributed by atoms with Crippen molar-refractivity contribution < 1.29 is 13.2 Å². The van der Waals surface area contributed by atoms with Crippen LogP contribution in [-0.2, 0) is 21.4 Å². The van der Waals surface area contributed by atoms with Crippen LogP contribution in [0.1, 0.15) is 26.0 Å². The minimum absolute atomic E-state index is 0.0677. The number of hydrogen-bond acceptors (Lipinski definition) is 5. The second kappa shape index (κ2) is 9.70. The van der Waals surface area contributed by atoms with Gasteiger partial charge in [0.25, 0.3) is 0 Å². The minimum atomic E-state index is -3.40. The fraction of sp³-hybridized carbons (Fsp3) is 0.391. The van der Waals surface area contributed by atoms with E-state index in [1.54, 1.807) is 19.2 Å². The summed E-state index contributed by atoms with van der Waals surface area (Å²) in [5.41, 5.74) is 3.96. The van der Waals surface area contributed by atoms with Crippen molar-refractivity contribution in [2.75, 3.05) is 36.7 Å². The van der Waals surface area contributed by atoms with Gasteiger partial charge in [0, 0.05) is 56.4 Å². The number of aromatic nitrogens is 2. The molecule has 0 saturated carbocycles. The van der Waals surface area contributed by atoms with Crippen LogP contribution in [0.5, 0.6) is 0 Å². The molecule has 1 fully saturated rings. The van der Waals surface area contributed by atoms with E-state index in [-0.39, 0.29) is 11.7 Å². The van der Waals surface area contributed by atoms with Crippen LogP contribution >= 0.6 is 11.6 Å². The van der Waals surface area contributed by atoms with Crippen molar-refractivity contribution >= 4 is 38.9 Å². The summed E-state index contributed by atoms with van der Waals surface area (Å²) < 4.78 is 29.2. The summed E-state index contributed by atoms with van der Waals surface area (Å²) in [6.07, 6.45) is 2.33. The SMILES string of the molecule is CCCS(=O)(=O)Nc1ccc2nc(-c3ccc(Cl)cc3)c(CN3CCN(C(C)=O)CC3)n2c1. The summed E-state index contributed by atoms with van der Waals surface area (Å²) in [6, 6.07) is 11.1. The average Bonchev–Trinajstić information content (AvgIpc) is 3.12. The standard InChI is InChI=1S/C23H28ClN5O3S/c1-3-14-33(31,32)26-20-8-9-22-25-23(18-4-6-19(24)7-5-18)21(29(22)15-20)16-27-10-12-28(13-11-27)17(2)30/h4-9,15,26H,3,10-14,16H2,1-2H3. The lowest BCUT2D eigenvalue weighted by atomic mass is 10.1. The number of amides is 1. The van der Waals surface area contributed by atoms with Crippen molar-refractivity contribution in [2.45, 2.75) is 26.8 Å². The number of carbonyl (C=O) groups excluding carboxylic acids is 1. The topological polar surface area (TPSA) is 87.0 Å². The van der Waals surface area contributed by atoms with Gasteiger partial charge in [-0.05, 0) is 30.7 Å². The molecule has 33 heavy (non-hydrogen) atoms. The third-order valence-corrected chi connectivity index (χ3v) is 7.52. The molecule has 3 heterocycles. The Morgan fingerprint density at radius 3 is 2.42 bits per heavy atom. The van der Waals surface area contributed by atoms with E-state index in [1.165, 1.54) is 0 Å². The maximum atomic E-state index is 12.3. The van der Waals surface area contributed by atoms with Crippen molar-refractivity contribution in [1.82, 2.24) is 19.2 Å². The highest BCUT2D eigenvalue weighted by atomic mass is 35.5. The normalized spacial score (nSPS) is 15.2. The van der Waals surface area contributed by atoms with Gasteiger partial charge in [-0.15, -0.1) is 0 Å². The number of sulfonamides is 1. The molecule has 0 unspecified atom stereocenters. The van der Waals surface area contributed by atoms with Crippen molar-refractivity contribution in [3.8, 4) is 11.3 Å². The molecule has 0 bridgehead atoms. The van der Waals surface area contributed by atoms with E-state index in [9.17, 15) is 13.2 Å². The Morgan fingerprint density at radius 2 is 1.79 bits per heavy atom.